The van der Waals surface area contributed by atoms with Crippen molar-refractivity contribution in [3.05, 3.63) is 59.9 Å². The lowest BCUT2D eigenvalue weighted by Gasteiger charge is -2.33. The molecule has 2 atom stereocenters. The number of hydrogen-bond donors (Lipinski definition) is 0. The van der Waals surface area contributed by atoms with Crippen LogP contribution in [0.4, 0.5) is 5.69 Å². The number of likely N-dealkylation sites (tertiary alicyclic amines) is 1. The first-order valence-corrected chi connectivity index (χ1v) is 13.2. The van der Waals surface area contributed by atoms with Crippen molar-refractivity contribution in [2.24, 2.45) is 0 Å². The Kier molecular flexibility index (Phi) is 6.89. The monoisotopic (exact) mass is 472 g/mol. The van der Waals surface area contributed by atoms with Crippen LogP contribution in [-0.4, -0.2) is 45.4 Å². The van der Waals surface area contributed by atoms with Crippen LogP contribution in [0.2, 0.25) is 0 Å². The third-order valence-electron chi connectivity index (χ3n) is 7.66. The van der Waals surface area contributed by atoms with Crippen molar-refractivity contribution in [3.8, 4) is 0 Å². The Morgan fingerprint density at radius 1 is 1.09 bits per heavy atom. The number of carbonyl (C=O) groups excluding carboxylic acids is 2. The lowest BCUT2D eigenvalue weighted by Crippen LogP contribution is -2.43. The third kappa shape index (κ3) is 4.84. The van der Waals surface area contributed by atoms with E-state index < -0.39 is 0 Å². The molecule has 0 N–H and O–H groups in total. The number of imidazole rings is 1. The first-order valence-electron chi connectivity index (χ1n) is 13.2. The fraction of sp³-hybridized carbons (Fsp3) is 0.483. The van der Waals surface area contributed by atoms with Crippen molar-refractivity contribution < 1.29 is 9.59 Å². The number of rotatable bonds is 7. The number of para-hydroxylation sites is 2. The summed E-state index contributed by atoms with van der Waals surface area (Å²) in [5.74, 6) is 1.07. The molecule has 0 radical (unpaired) electrons. The number of anilines is 1. The molecule has 6 heteroatoms. The first-order chi connectivity index (χ1) is 17.0. The standard InChI is InChI=1S/C29H36N4O2/c1-3-4-10-22-13-15-24(16-14-22)32-19-23(18-27(32)34)29-30-25-11-5-6-12-26(25)33(29)20-28(35)31-17-8-7-9-21(31)2/h5-6,11-16,21,23H,3-4,7-10,17-20H2,1-2H3. The maximum atomic E-state index is 13.3. The van der Waals surface area contributed by atoms with Crippen molar-refractivity contribution in [1.82, 2.24) is 14.5 Å². The van der Waals surface area contributed by atoms with Gasteiger partial charge in [-0.25, -0.2) is 4.98 Å². The van der Waals surface area contributed by atoms with E-state index in [-0.39, 0.29) is 30.3 Å². The average molecular weight is 473 g/mol. The van der Waals surface area contributed by atoms with Gasteiger partial charge < -0.3 is 14.4 Å². The zero-order valence-electron chi connectivity index (χ0n) is 20.9. The highest BCUT2D eigenvalue weighted by Gasteiger charge is 2.35. The number of hydrogen-bond acceptors (Lipinski definition) is 3. The highest BCUT2D eigenvalue weighted by atomic mass is 16.2. The number of benzene rings is 2. The smallest absolute Gasteiger partial charge is 0.242 e. The van der Waals surface area contributed by atoms with E-state index in [1.165, 1.54) is 24.8 Å². The van der Waals surface area contributed by atoms with Gasteiger partial charge in [0, 0.05) is 37.2 Å². The molecule has 0 saturated carbocycles. The quantitative estimate of drug-likeness (QED) is 0.469. The van der Waals surface area contributed by atoms with Crippen LogP contribution in [0, 0.1) is 0 Å². The van der Waals surface area contributed by atoms with Crippen molar-refractivity contribution in [1.29, 1.82) is 0 Å². The second-order valence-corrected chi connectivity index (χ2v) is 10.2. The Labute approximate surface area is 207 Å². The normalized spacial score (nSPS) is 20.7. The van der Waals surface area contributed by atoms with Gasteiger partial charge in [0.2, 0.25) is 11.8 Å². The molecule has 2 saturated heterocycles. The highest BCUT2D eigenvalue weighted by molar-refractivity contribution is 5.96. The molecule has 1 aromatic heterocycles. The van der Waals surface area contributed by atoms with Crippen molar-refractivity contribution in [3.63, 3.8) is 0 Å². The van der Waals surface area contributed by atoms with E-state index in [9.17, 15) is 9.59 Å². The summed E-state index contributed by atoms with van der Waals surface area (Å²) < 4.78 is 2.06. The molecule has 2 fully saturated rings. The molecular formula is C29H36N4O2. The van der Waals surface area contributed by atoms with E-state index in [1.807, 2.05) is 34.1 Å². The molecule has 35 heavy (non-hydrogen) atoms. The van der Waals surface area contributed by atoms with Gasteiger partial charge in [0.05, 0.1) is 11.0 Å². The van der Waals surface area contributed by atoms with Crippen LogP contribution < -0.4 is 4.90 Å². The predicted molar refractivity (Wildman–Crippen MR) is 140 cm³/mol. The largest absolute Gasteiger partial charge is 0.338 e. The highest BCUT2D eigenvalue weighted by Crippen LogP contribution is 2.33. The minimum Gasteiger partial charge on any atom is -0.338 e. The van der Waals surface area contributed by atoms with E-state index in [0.717, 1.165) is 48.4 Å². The molecule has 2 amide bonds. The molecule has 5 rings (SSSR count). The van der Waals surface area contributed by atoms with Crippen LogP contribution >= 0.6 is 0 Å². The van der Waals surface area contributed by atoms with E-state index in [1.54, 1.807) is 0 Å². The molecule has 6 nitrogen and oxygen atoms in total. The Morgan fingerprint density at radius 2 is 1.89 bits per heavy atom. The summed E-state index contributed by atoms with van der Waals surface area (Å²) in [6.45, 7) is 6.03. The Balaban J connectivity index is 1.39. The summed E-state index contributed by atoms with van der Waals surface area (Å²) in [6.07, 6.45) is 7.15. The second kappa shape index (κ2) is 10.2. The second-order valence-electron chi connectivity index (χ2n) is 10.2. The minimum atomic E-state index is -0.0405. The maximum Gasteiger partial charge on any atom is 0.242 e. The molecule has 3 aromatic rings. The predicted octanol–water partition coefficient (Wildman–Crippen LogP) is 5.30. The van der Waals surface area contributed by atoms with Crippen LogP contribution in [0.3, 0.4) is 0 Å². The number of aromatic nitrogens is 2. The lowest BCUT2D eigenvalue weighted by atomic mass is 10.0. The number of nitrogens with zero attached hydrogens (tertiary/aromatic N) is 4. The summed E-state index contributed by atoms with van der Waals surface area (Å²) >= 11 is 0. The Morgan fingerprint density at radius 3 is 2.66 bits per heavy atom. The molecule has 2 aromatic carbocycles. The van der Waals surface area contributed by atoms with E-state index in [4.69, 9.17) is 4.98 Å². The average Bonchev–Trinajstić information content (AvgIpc) is 3.44. The molecule has 0 bridgehead atoms. The summed E-state index contributed by atoms with van der Waals surface area (Å²) in [5, 5.41) is 0. The van der Waals surface area contributed by atoms with Crippen LogP contribution in [0.5, 0.6) is 0 Å². The van der Waals surface area contributed by atoms with E-state index in [0.29, 0.717) is 13.0 Å². The Hall–Kier alpha value is -3.15. The number of aryl methyl sites for hydroxylation is 1. The molecular weight excluding hydrogens is 436 g/mol. The van der Waals surface area contributed by atoms with Gasteiger partial charge in [0.1, 0.15) is 12.4 Å². The summed E-state index contributed by atoms with van der Waals surface area (Å²) in [6, 6.07) is 16.7. The van der Waals surface area contributed by atoms with Crippen molar-refractivity contribution >= 4 is 28.5 Å². The lowest BCUT2D eigenvalue weighted by molar-refractivity contribution is -0.135. The number of amides is 2. The van der Waals surface area contributed by atoms with Crippen molar-refractivity contribution in [2.45, 2.75) is 77.3 Å². The van der Waals surface area contributed by atoms with Crippen LogP contribution in [0.15, 0.2) is 48.5 Å². The van der Waals surface area contributed by atoms with E-state index >= 15 is 0 Å². The molecule has 184 valence electrons. The molecule has 0 spiro atoms. The maximum absolute atomic E-state index is 13.3. The zero-order valence-corrected chi connectivity index (χ0v) is 20.9. The number of carbonyl (C=O) groups is 2. The fourth-order valence-corrected chi connectivity index (χ4v) is 5.62. The minimum absolute atomic E-state index is 0.0405. The molecule has 3 heterocycles. The van der Waals surface area contributed by atoms with Crippen LogP contribution in [-0.2, 0) is 22.6 Å². The topological polar surface area (TPSA) is 58.4 Å². The van der Waals surface area contributed by atoms with Gasteiger partial charge in [0.15, 0.2) is 0 Å². The van der Waals surface area contributed by atoms with Gasteiger partial charge in [-0.3, -0.25) is 9.59 Å². The van der Waals surface area contributed by atoms with Crippen molar-refractivity contribution in [2.75, 3.05) is 18.0 Å². The SMILES string of the molecule is CCCCc1ccc(N2CC(c3nc4ccccc4n3CC(=O)N3CCCCC3C)CC2=O)cc1. The molecule has 2 unspecified atom stereocenters. The van der Waals surface area contributed by atoms with Gasteiger partial charge in [-0.15, -0.1) is 0 Å². The van der Waals surface area contributed by atoms with Gasteiger partial charge in [-0.1, -0.05) is 37.6 Å². The summed E-state index contributed by atoms with van der Waals surface area (Å²) in [7, 11) is 0. The number of unbranched alkanes of at least 4 members (excludes halogenated alkanes) is 1. The van der Waals surface area contributed by atoms with Gasteiger partial charge in [-0.2, -0.15) is 0 Å². The summed E-state index contributed by atoms with van der Waals surface area (Å²) in [4.78, 5) is 35.3. The van der Waals surface area contributed by atoms with Crippen LogP contribution in [0.1, 0.15) is 69.7 Å². The number of piperidine rings is 1. The van der Waals surface area contributed by atoms with E-state index in [2.05, 4.69) is 42.7 Å². The Bertz CT molecular complexity index is 1200. The third-order valence-corrected chi connectivity index (χ3v) is 7.66. The first kappa shape index (κ1) is 23.6. The van der Waals surface area contributed by atoms with Gasteiger partial charge in [-0.05, 0) is 68.9 Å². The van der Waals surface area contributed by atoms with Gasteiger partial charge >= 0.3 is 0 Å². The molecule has 2 aliphatic rings. The summed E-state index contributed by atoms with van der Waals surface area (Å²) in [5.41, 5.74) is 4.10. The molecule has 0 aliphatic carbocycles. The van der Waals surface area contributed by atoms with Gasteiger partial charge in [0.25, 0.3) is 0 Å². The zero-order chi connectivity index (χ0) is 24.4. The molecule has 2 aliphatic heterocycles. The van der Waals surface area contributed by atoms with Crippen LogP contribution in [0.25, 0.3) is 11.0 Å². The number of fused-ring (bicyclic) bond motifs is 1. The fourth-order valence-electron chi connectivity index (χ4n) is 5.62.